The summed E-state index contributed by atoms with van der Waals surface area (Å²) >= 11 is 0. The van der Waals surface area contributed by atoms with Gasteiger partial charge in [-0.3, -0.25) is 9.59 Å². The SMILES string of the molecule is CC(C)(C)CC(CNC(=O)C1CCC(N)CC1)C(=O)O. The molecular formula is C15H28N2O3. The van der Waals surface area contributed by atoms with E-state index < -0.39 is 11.9 Å². The molecule has 1 rings (SSSR count). The fourth-order valence-electron chi connectivity index (χ4n) is 2.74. The van der Waals surface area contributed by atoms with E-state index in [9.17, 15) is 14.7 Å². The molecule has 1 unspecified atom stereocenters. The first-order chi connectivity index (χ1) is 9.19. The van der Waals surface area contributed by atoms with E-state index in [0.29, 0.717) is 6.42 Å². The highest BCUT2D eigenvalue weighted by molar-refractivity contribution is 5.79. The Bertz CT molecular complexity index is 342. The van der Waals surface area contributed by atoms with Gasteiger partial charge in [-0.25, -0.2) is 0 Å². The van der Waals surface area contributed by atoms with Crippen LogP contribution < -0.4 is 11.1 Å². The number of carbonyl (C=O) groups excluding carboxylic acids is 1. The van der Waals surface area contributed by atoms with E-state index >= 15 is 0 Å². The highest BCUT2D eigenvalue weighted by atomic mass is 16.4. The molecule has 0 aliphatic heterocycles. The predicted molar refractivity (Wildman–Crippen MR) is 78.1 cm³/mol. The molecule has 0 saturated heterocycles. The summed E-state index contributed by atoms with van der Waals surface area (Å²) in [5, 5.41) is 12.0. The van der Waals surface area contributed by atoms with Crippen molar-refractivity contribution in [2.24, 2.45) is 23.0 Å². The molecular weight excluding hydrogens is 256 g/mol. The van der Waals surface area contributed by atoms with Crippen molar-refractivity contribution < 1.29 is 14.7 Å². The number of amides is 1. The number of carbonyl (C=O) groups is 2. The van der Waals surface area contributed by atoms with Crippen LogP contribution in [-0.2, 0) is 9.59 Å². The van der Waals surface area contributed by atoms with E-state index in [0.717, 1.165) is 25.7 Å². The fourth-order valence-corrected chi connectivity index (χ4v) is 2.74. The van der Waals surface area contributed by atoms with E-state index in [1.807, 2.05) is 20.8 Å². The molecule has 1 fully saturated rings. The van der Waals surface area contributed by atoms with E-state index in [1.165, 1.54) is 0 Å². The number of rotatable bonds is 5. The van der Waals surface area contributed by atoms with Crippen molar-refractivity contribution >= 4 is 11.9 Å². The van der Waals surface area contributed by atoms with Crippen LogP contribution in [0.15, 0.2) is 0 Å². The third-order valence-corrected chi connectivity index (χ3v) is 3.87. The number of nitrogens with two attached hydrogens (primary N) is 1. The maximum Gasteiger partial charge on any atom is 0.308 e. The van der Waals surface area contributed by atoms with Gasteiger partial charge in [0.2, 0.25) is 5.91 Å². The van der Waals surface area contributed by atoms with Crippen molar-refractivity contribution in [1.29, 1.82) is 0 Å². The van der Waals surface area contributed by atoms with Crippen LogP contribution in [-0.4, -0.2) is 29.6 Å². The van der Waals surface area contributed by atoms with Crippen LogP contribution in [0.5, 0.6) is 0 Å². The van der Waals surface area contributed by atoms with Crippen molar-refractivity contribution in [2.75, 3.05) is 6.54 Å². The number of hydrogen-bond acceptors (Lipinski definition) is 3. The van der Waals surface area contributed by atoms with Gasteiger partial charge in [0.25, 0.3) is 0 Å². The zero-order valence-electron chi connectivity index (χ0n) is 12.8. The Morgan fingerprint density at radius 1 is 1.25 bits per heavy atom. The lowest BCUT2D eigenvalue weighted by atomic mass is 9.84. The van der Waals surface area contributed by atoms with Crippen LogP contribution in [0.3, 0.4) is 0 Å². The van der Waals surface area contributed by atoms with E-state index in [4.69, 9.17) is 5.73 Å². The molecule has 1 aliphatic rings. The molecule has 0 bridgehead atoms. The van der Waals surface area contributed by atoms with Crippen LogP contribution in [0.2, 0.25) is 0 Å². The van der Waals surface area contributed by atoms with Gasteiger partial charge in [-0.15, -0.1) is 0 Å². The summed E-state index contributed by atoms with van der Waals surface area (Å²) in [6.45, 7) is 6.24. The molecule has 4 N–H and O–H groups in total. The number of aliphatic carboxylic acids is 1. The number of carboxylic acids is 1. The largest absolute Gasteiger partial charge is 0.481 e. The smallest absolute Gasteiger partial charge is 0.308 e. The highest BCUT2D eigenvalue weighted by Crippen LogP contribution is 2.25. The second-order valence-electron chi connectivity index (χ2n) is 7.16. The molecule has 1 aliphatic carbocycles. The fraction of sp³-hybridized carbons (Fsp3) is 0.867. The normalized spacial score (nSPS) is 25.0. The Balaban J connectivity index is 2.43. The lowest BCUT2D eigenvalue weighted by Crippen LogP contribution is -2.40. The second kappa shape index (κ2) is 7.07. The molecule has 1 atom stereocenters. The number of nitrogens with one attached hydrogen (secondary N) is 1. The molecule has 1 amide bonds. The third-order valence-electron chi connectivity index (χ3n) is 3.87. The molecule has 0 aromatic carbocycles. The summed E-state index contributed by atoms with van der Waals surface area (Å²) < 4.78 is 0. The first-order valence-corrected chi connectivity index (χ1v) is 7.45. The topological polar surface area (TPSA) is 92.4 Å². The minimum Gasteiger partial charge on any atom is -0.481 e. The van der Waals surface area contributed by atoms with E-state index in [2.05, 4.69) is 5.32 Å². The quantitative estimate of drug-likeness (QED) is 0.717. The van der Waals surface area contributed by atoms with Gasteiger partial charge in [-0.1, -0.05) is 20.8 Å². The van der Waals surface area contributed by atoms with Crippen LogP contribution in [0, 0.1) is 17.3 Å². The summed E-state index contributed by atoms with van der Waals surface area (Å²) in [6.07, 6.45) is 3.93. The van der Waals surface area contributed by atoms with Crippen LogP contribution in [0.25, 0.3) is 0 Å². The van der Waals surface area contributed by atoms with Gasteiger partial charge in [0.05, 0.1) is 5.92 Å². The summed E-state index contributed by atoms with van der Waals surface area (Å²) in [6, 6.07) is 0.215. The molecule has 116 valence electrons. The predicted octanol–water partition coefficient (Wildman–Crippen LogP) is 1.76. The monoisotopic (exact) mass is 284 g/mol. The summed E-state index contributed by atoms with van der Waals surface area (Å²) in [5.41, 5.74) is 5.75. The summed E-state index contributed by atoms with van der Waals surface area (Å²) in [4.78, 5) is 23.3. The Morgan fingerprint density at radius 2 is 1.80 bits per heavy atom. The lowest BCUT2D eigenvalue weighted by molar-refractivity contribution is -0.142. The molecule has 5 heteroatoms. The van der Waals surface area contributed by atoms with Gasteiger partial charge in [0.15, 0.2) is 0 Å². The number of hydrogen-bond donors (Lipinski definition) is 3. The van der Waals surface area contributed by atoms with Gasteiger partial charge in [0, 0.05) is 18.5 Å². The molecule has 0 aromatic heterocycles. The van der Waals surface area contributed by atoms with Crippen LogP contribution in [0.1, 0.15) is 52.9 Å². The van der Waals surface area contributed by atoms with Crippen molar-refractivity contribution in [1.82, 2.24) is 5.32 Å². The minimum atomic E-state index is -0.842. The maximum absolute atomic E-state index is 12.1. The summed E-state index contributed by atoms with van der Waals surface area (Å²) in [7, 11) is 0. The number of carboxylic acid groups (broad SMARTS) is 1. The van der Waals surface area contributed by atoms with Crippen LogP contribution >= 0.6 is 0 Å². The Morgan fingerprint density at radius 3 is 2.25 bits per heavy atom. The molecule has 20 heavy (non-hydrogen) atoms. The molecule has 0 radical (unpaired) electrons. The molecule has 0 heterocycles. The zero-order chi connectivity index (χ0) is 15.3. The van der Waals surface area contributed by atoms with Gasteiger partial charge < -0.3 is 16.2 Å². The van der Waals surface area contributed by atoms with Gasteiger partial charge in [0.1, 0.15) is 0 Å². The minimum absolute atomic E-state index is 0.00104. The molecule has 5 nitrogen and oxygen atoms in total. The van der Waals surface area contributed by atoms with E-state index in [1.54, 1.807) is 0 Å². The summed E-state index contributed by atoms with van der Waals surface area (Å²) in [5.74, 6) is -1.38. The lowest BCUT2D eigenvalue weighted by Gasteiger charge is -2.27. The van der Waals surface area contributed by atoms with Gasteiger partial charge in [-0.2, -0.15) is 0 Å². The maximum atomic E-state index is 12.1. The van der Waals surface area contributed by atoms with Gasteiger partial charge in [-0.05, 0) is 37.5 Å². The average Bonchev–Trinajstić information content (AvgIpc) is 2.33. The molecule has 1 saturated carbocycles. The van der Waals surface area contributed by atoms with Gasteiger partial charge >= 0.3 is 5.97 Å². The van der Waals surface area contributed by atoms with Crippen molar-refractivity contribution in [2.45, 2.75) is 58.9 Å². The molecule has 0 spiro atoms. The second-order valence-corrected chi connectivity index (χ2v) is 7.16. The van der Waals surface area contributed by atoms with Crippen molar-refractivity contribution in [3.63, 3.8) is 0 Å². The van der Waals surface area contributed by atoms with Crippen LogP contribution in [0.4, 0.5) is 0 Å². The van der Waals surface area contributed by atoms with Crippen molar-refractivity contribution in [3.8, 4) is 0 Å². The van der Waals surface area contributed by atoms with Crippen molar-refractivity contribution in [3.05, 3.63) is 0 Å². The Hall–Kier alpha value is -1.10. The standard InChI is InChI=1S/C15H28N2O3/c1-15(2,3)8-11(14(19)20)9-17-13(18)10-4-6-12(16)7-5-10/h10-12H,4-9,16H2,1-3H3,(H,17,18)(H,19,20). The van der Waals surface area contributed by atoms with E-state index in [-0.39, 0.29) is 29.8 Å². The third kappa shape index (κ3) is 5.90. The average molecular weight is 284 g/mol. The Labute approximate surface area is 121 Å². The molecule has 0 aromatic rings. The highest BCUT2D eigenvalue weighted by Gasteiger charge is 2.28. The first kappa shape index (κ1) is 17.0. The first-order valence-electron chi connectivity index (χ1n) is 7.45. The zero-order valence-corrected chi connectivity index (χ0v) is 12.8. The Kier molecular flexibility index (Phi) is 5.99.